The Balaban J connectivity index is 0.839. The van der Waals surface area contributed by atoms with Gasteiger partial charge in [-0.25, -0.2) is 15.0 Å². The molecule has 1 unspecified atom stereocenters. The summed E-state index contributed by atoms with van der Waals surface area (Å²) in [6, 6.07) is 136. The first kappa shape index (κ1) is 60.2. The molecule has 0 amide bonds. The Morgan fingerprint density at radius 1 is 0.240 bits per heavy atom. The smallest absolute Gasteiger partial charge is 0.160 e. The van der Waals surface area contributed by atoms with Crippen LogP contribution in [0.15, 0.2) is 381 Å². The van der Waals surface area contributed by atoms with Gasteiger partial charge in [-0.3, -0.25) is 9.56 Å². The topological polar surface area (TPSA) is 56.0 Å². The molecule has 0 saturated carbocycles. The Morgan fingerprint density at radius 2 is 0.635 bits per heavy atom. The molecule has 484 valence electrons. The number of imidazole rings is 1. The molecule has 20 rings (SSSR count). The van der Waals surface area contributed by atoms with E-state index in [0.717, 1.165) is 123 Å². The zero-order valence-corrected chi connectivity index (χ0v) is 56.6. The van der Waals surface area contributed by atoms with Crippen molar-refractivity contribution in [2.75, 3.05) is 0 Å². The Kier molecular flexibility index (Phi) is 14.6. The van der Waals surface area contributed by atoms with Gasteiger partial charge in [0.25, 0.3) is 0 Å². The zero-order chi connectivity index (χ0) is 68.6. The summed E-state index contributed by atoms with van der Waals surface area (Å²) in [4.78, 5) is 22.9. The highest BCUT2D eigenvalue weighted by atomic mass is 15.1. The number of nitrogens with zero attached hydrogens (tertiary/aromatic N) is 5. The Morgan fingerprint density at radius 3 is 1.16 bits per heavy atom. The van der Waals surface area contributed by atoms with E-state index in [1.165, 1.54) is 70.2 Å². The van der Waals surface area contributed by atoms with E-state index in [9.17, 15) is 0 Å². The second-order valence-electron chi connectivity index (χ2n) is 27.0. The van der Waals surface area contributed by atoms with Crippen molar-refractivity contribution in [1.29, 1.82) is 0 Å². The molecule has 0 radical (unpaired) electrons. The lowest BCUT2D eigenvalue weighted by Gasteiger charge is -2.20. The van der Waals surface area contributed by atoms with Crippen LogP contribution in [0.5, 0.6) is 0 Å². The van der Waals surface area contributed by atoms with Crippen molar-refractivity contribution in [2.24, 2.45) is 4.99 Å². The maximum atomic E-state index is 5.89. The van der Waals surface area contributed by atoms with Gasteiger partial charge in [-0.1, -0.05) is 328 Å². The summed E-state index contributed by atoms with van der Waals surface area (Å²) in [6.07, 6.45) is 0. The molecule has 1 aliphatic heterocycles. The van der Waals surface area contributed by atoms with Gasteiger partial charge in [0, 0.05) is 50.0 Å². The second kappa shape index (κ2) is 25.2. The van der Waals surface area contributed by atoms with Crippen molar-refractivity contribution >= 4 is 92.5 Å². The number of allylic oxidation sites excluding steroid dienone is 1. The lowest BCUT2D eigenvalue weighted by molar-refractivity contribution is 1.07. The third-order valence-electron chi connectivity index (χ3n) is 21.1. The predicted octanol–water partition coefficient (Wildman–Crippen LogP) is 25.6. The number of benzene rings is 17. The highest BCUT2D eigenvalue weighted by molar-refractivity contribution is 6.28. The van der Waals surface area contributed by atoms with Crippen molar-refractivity contribution in [3.05, 3.63) is 398 Å². The fourth-order valence-electron chi connectivity index (χ4n) is 16.3. The van der Waals surface area contributed by atoms with Gasteiger partial charge in [0.05, 0.1) is 39.9 Å². The van der Waals surface area contributed by atoms with Gasteiger partial charge in [0.15, 0.2) is 5.82 Å². The Hall–Kier alpha value is -13.7. The number of aromatic nitrogens is 4. The maximum Gasteiger partial charge on any atom is 0.160 e. The van der Waals surface area contributed by atoms with Crippen LogP contribution in [0.25, 0.3) is 171 Å². The van der Waals surface area contributed by atoms with E-state index in [0.29, 0.717) is 5.82 Å². The third kappa shape index (κ3) is 10.2. The largest absolute Gasteiger partial charge is 0.292 e. The summed E-state index contributed by atoms with van der Waals surface area (Å²) in [5.74, 6) is 1.26. The minimum absolute atomic E-state index is 0.190. The number of hydrogen-bond donors (Lipinski definition) is 0. The van der Waals surface area contributed by atoms with Crippen LogP contribution in [0, 0.1) is 0 Å². The molecule has 0 saturated heterocycles. The van der Waals surface area contributed by atoms with Crippen molar-refractivity contribution < 1.29 is 0 Å². The molecule has 0 N–H and O–H groups in total. The third-order valence-corrected chi connectivity index (χ3v) is 21.1. The van der Waals surface area contributed by atoms with E-state index < -0.39 is 0 Å². The monoisotopic (exact) mass is 1320 g/mol. The first-order chi connectivity index (χ1) is 51.6. The number of rotatable bonds is 12. The predicted molar refractivity (Wildman–Crippen MR) is 435 cm³/mol. The lowest BCUT2D eigenvalue weighted by atomic mass is 9.81. The van der Waals surface area contributed by atoms with Gasteiger partial charge in [0.2, 0.25) is 0 Å². The van der Waals surface area contributed by atoms with Gasteiger partial charge in [0.1, 0.15) is 5.82 Å². The maximum absolute atomic E-state index is 5.89. The minimum Gasteiger partial charge on any atom is -0.292 e. The van der Waals surface area contributed by atoms with E-state index in [4.69, 9.17) is 19.9 Å². The molecule has 5 heteroatoms. The number of hydrogen-bond acceptors (Lipinski definition) is 4. The second-order valence-corrected chi connectivity index (χ2v) is 27.0. The molecule has 0 fully saturated rings. The van der Waals surface area contributed by atoms with E-state index in [1.54, 1.807) is 0 Å². The summed E-state index contributed by atoms with van der Waals surface area (Å²) >= 11 is 0. The molecule has 1 aliphatic rings. The molecule has 5 nitrogen and oxygen atoms in total. The van der Waals surface area contributed by atoms with Crippen LogP contribution >= 0.6 is 0 Å². The average Bonchev–Trinajstić information content (AvgIpc) is 0.959. The average molecular weight is 1320 g/mol. The molecule has 19 aromatic rings. The van der Waals surface area contributed by atoms with E-state index in [2.05, 4.69) is 381 Å². The van der Waals surface area contributed by atoms with Crippen molar-refractivity contribution in [2.45, 2.75) is 5.92 Å². The quantitative estimate of drug-likeness (QED) is 0.115. The number of aliphatic imine (C=N–C) groups is 1. The summed E-state index contributed by atoms with van der Waals surface area (Å²) in [7, 11) is 0. The van der Waals surface area contributed by atoms with E-state index in [-0.39, 0.29) is 5.92 Å². The van der Waals surface area contributed by atoms with Crippen molar-refractivity contribution in [3.8, 4) is 84.5 Å². The van der Waals surface area contributed by atoms with Gasteiger partial charge in [-0.15, -0.1) is 0 Å². The van der Waals surface area contributed by atoms with Crippen molar-refractivity contribution in [3.63, 3.8) is 0 Å². The zero-order valence-electron chi connectivity index (χ0n) is 56.6. The van der Waals surface area contributed by atoms with E-state index >= 15 is 0 Å². The molecule has 1 atom stereocenters. The van der Waals surface area contributed by atoms with Crippen LogP contribution in [0.3, 0.4) is 0 Å². The highest BCUT2D eigenvalue weighted by Gasteiger charge is 2.34. The summed E-state index contributed by atoms with van der Waals surface area (Å²) in [6.45, 7) is 0. The molecule has 104 heavy (non-hydrogen) atoms. The molecule has 0 spiro atoms. The fourth-order valence-corrected chi connectivity index (χ4v) is 16.3. The van der Waals surface area contributed by atoms with Crippen LogP contribution in [-0.4, -0.2) is 25.2 Å². The Bertz CT molecular complexity index is 6580. The molecule has 17 aromatic carbocycles. The first-order valence-electron chi connectivity index (χ1n) is 35.6. The minimum atomic E-state index is -0.190. The highest BCUT2D eigenvalue weighted by Crippen LogP contribution is 2.49. The molecule has 0 bridgehead atoms. The van der Waals surface area contributed by atoms with Crippen LogP contribution in [0.2, 0.25) is 0 Å². The summed E-state index contributed by atoms with van der Waals surface area (Å²) in [5, 5.41) is 15.6. The van der Waals surface area contributed by atoms with Gasteiger partial charge in [-0.05, 0) is 152 Å². The molecule has 0 aliphatic carbocycles. The standard InChI is InChI=1S/C99H63N5/c1-7-27-63(28-8-1)90-91(94(66-31-11-3-12-32-66)100-93(90)65-29-9-2-10-30-65)64-47-49-68(50-48-64)92-89-62-74(72-53-57-84-80-43-21-19-39-76(80)78-41-23-25-45-82(78)87(84)59-72)61-86(73-54-58-85-81-44-22-20-40-77(81)79-42-24-26-46-83(79)88(85)60-73)96(89)102-98(101-92)70-51-55-75(56-52-70)104-97(69-35-15-5-16-36-69)95(67-33-13-4-14-34-67)103-99(104)71-37-17-6-18-38-71/h1-62,91H. The summed E-state index contributed by atoms with van der Waals surface area (Å²) in [5.41, 5.74) is 21.3. The lowest BCUT2D eigenvalue weighted by Crippen LogP contribution is -2.12. The van der Waals surface area contributed by atoms with Crippen LogP contribution < -0.4 is 0 Å². The van der Waals surface area contributed by atoms with Crippen LogP contribution in [0.4, 0.5) is 0 Å². The first-order valence-corrected chi connectivity index (χ1v) is 35.6. The van der Waals surface area contributed by atoms with Crippen molar-refractivity contribution in [1.82, 2.24) is 19.5 Å². The fraction of sp³-hybridized carbons (Fsp3) is 0.0101. The van der Waals surface area contributed by atoms with Gasteiger partial charge in [-0.2, -0.15) is 0 Å². The SMILES string of the molecule is c1ccc(C2=NC(c3ccccc3)=C(c3ccccc3)C2c2ccc(-c3nc(-c4ccc(-n5c(-c6ccccc6)nc(-c6ccccc6)c5-c5ccccc5)cc4)nc4c(-c5ccc6c7ccccc7c7ccccc7c6c5)cc(-c5ccc6c7ccccc7c7ccccc7c6c5)cc34)cc2)cc1. The van der Waals surface area contributed by atoms with Crippen LogP contribution in [-0.2, 0) is 0 Å². The van der Waals surface area contributed by atoms with Gasteiger partial charge < -0.3 is 0 Å². The molecule has 2 aromatic heterocycles. The van der Waals surface area contributed by atoms with Crippen LogP contribution in [0.1, 0.15) is 28.2 Å². The molecule has 3 heterocycles. The molecular formula is C99H63N5. The Labute approximate surface area is 602 Å². The summed E-state index contributed by atoms with van der Waals surface area (Å²) < 4.78 is 2.31. The van der Waals surface area contributed by atoms with Gasteiger partial charge >= 0.3 is 0 Å². The normalized spacial score (nSPS) is 13.1. The van der Waals surface area contributed by atoms with E-state index in [1.807, 2.05) is 0 Å². The molecular weight excluding hydrogens is 1260 g/mol. The number of fused-ring (bicyclic) bond motifs is 13.